The molecule has 3 nitrogen and oxygen atoms in total. The van der Waals surface area contributed by atoms with E-state index in [9.17, 15) is 13.2 Å². The van der Waals surface area contributed by atoms with Gasteiger partial charge in [-0.05, 0) is 25.0 Å². The molecule has 0 spiro atoms. The molecule has 3 N–H and O–H groups in total. The van der Waals surface area contributed by atoms with Gasteiger partial charge in [0, 0.05) is 0 Å². The predicted molar refractivity (Wildman–Crippen MR) is 53.9 cm³/mol. The van der Waals surface area contributed by atoms with E-state index in [1.165, 1.54) is 6.07 Å². The minimum atomic E-state index is -4.24. The Kier molecular flexibility index (Phi) is 2.53. The highest BCUT2D eigenvalue weighted by atomic mass is 19.4. The van der Waals surface area contributed by atoms with Gasteiger partial charge in [-0.25, -0.2) is 4.98 Å². The highest BCUT2D eigenvalue weighted by Gasteiger charge is 2.41. The van der Waals surface area contributed by atoms with Gasteiger partial charge < -0.3 is 11.1 Å². The molecular formula is C10H12F3N3. The summed E-state index contributed by atoms with van der Waals surface area (Å²) in [6, 6.07) is 4.90. The normalized spacial score (nSPS) is 18.2. The van der Waals surface area contributed by atoms with Crippen LogP contribution in [0.25, 0.3) is 0 Å². The molecule has 1 aliphatic rings. The fraction of sp³-hybridized carbons (Fsp3) is 0.500. The number of anilines is 1. The molecule has 88 valence electrons. The van der Waals surface area contributed by atoms with Crippen molar-refractivity contribution in [1.29, 1.82) is 0 Å². The molecule has 0 aliphatic heterocycles. The number of nitrogens with one attached hydrogen (secondary N) is 1. The highest BCUT2D eigenvalue weighted by molar-refractivity contribution is 5.38. The lowest BCUT2D eigenvalue weighted by molar-refractivity contribution is -0.115. The van der Waals surface area contributed by atoms with Gasteiger partial charge >= 0.3 is 6.18 Å². The van der Waals surface area contributed by atoms with Crippen molar-refractivity contribution >= 4 is 5.82 Å². The fourth-order valence-corrected chi connectivity index (χ4v) is 1.39. The first-order chi connectivity index (χ1) is 7.39. The molecule has 0 saturated heterocycles. The number of aromatic nitrogens is 1. The number of hydrogen-bond acceptors (Lipinski definition) is 3. The van der Waals surface area contributed by atoms with Gasteiger partial charge in [0.05, 0.1) is 11.2 Å². The van der Waals surface area contributed by atoms with Gasteiger partial charge in [-0.2, -0.15) is 13.2 Å². The van der Waals surface area contributed by atoms with E-state index >= 15 is 0 Å². The Balaban J connectivity index is 2.05. The highest BCUT2D eigenvalue weighted by Crippen LogP contribution is 2.41. The van der Waals surface area contributed by atoms with Crippen LogP contribution >= 0.6 is 0 Å². The van der Waals surface area contributed by atoms with E-state index in [0.29, 0.717) is 5.69 Å². The maximum absolute atomic E-state index is 12.0. The van der Waals surface area contributed by atoms with Crippen LogP contribution in [0.1, 0.15) is 18.5 Å². The second-order valence-electron chi connectivity index (χ2n) is 4.03. The molecule has 0 radical (unpaired) electrons. The van der Waals surface area contributed by atoms with Crippen molar-refractivity contribution in [1.82, 2.24) is 4.98 Å². The number of pyridine rings is 1. The van der Waals surface area contributed by atoms with Crippen LogP contribution in [0.4, 0.5) is 19.0 Å². The van der Waals surface area contributed by atoms with Crippen molar-refractivity contribution in [2.24, 2.45) is 5.73 Å². The minimum absolute atomic E-state index is 0.214. The quantitative estimate of drug-likeness (QED) is 0.836. The molecule has 1 aromatic rings. The first-order valence-electron chi connectivity index (χ1n) is 4.96. The number of hydrogen-bond donors (Lipinski definition) is 2. The van der Waals surface area contributed by atoms with Crippen LogP contribution in [0, 0.1) is 0 Å². The summed E-state index contributed by atoms with van der Waals surface area (Å²) >= 11 is 0. The smallest absolute Gasteiger partial charge is 0.361 e. The molecule has 0 aromatic carbocycles. The fourth-order valence-electron chi connectivity index (χ4n) is 1.39. The molecule has 6 heteroatoms. The van der Waals surface area contributed by atoms with Crippen LogP contribution in [0.15, 0.2) is 18.2 Å². The Labute approximate surface area is 90.9 Å². The Morgan fingerprint density at radius 2 is 2.06 bits per heavy atom. The number of nitrogens with two attached hydrogens (primary N) is 1. The van der Waals surface area contributed by atoms with E-state index < -0.39 is 18.3 Å². The van der Waals surface area contributed by atoms with E-state index in [0.717, 1.165) is 12.8 Å². The van der Waals surface area contributed by atoms with Gasteiger partial charge in [0.25, 0.3) is 0 Å². The Morgan fingerprint density at radius 3 is 2.62 bits per heavy atom. The molecule has 0 bridgehead atoms. The second kappa shape index (κ2) is 3.62. The summed E-state index contributed by atoms with van der Waals surface area (Å²) < 4.78 is 35.9. The van der Waals surface area contributed by atoms with E-state index in [2.05, 4.69) is 10.3 Å². The van der Waals surface area contributed by atoms with Crippen molar-refractivity contribution in [3.63, 3.8) is 0 Å². The van der Waals surface area contributed by atoms with Crippen LogP contribution in [-0.2, 0) is 5.54 Å². The number of alkyl halides is 3. The lowest BCUT2D eigenvalue weighted by Gasteiger charge is -2.12. The third kappa shape index (κ3) is 2.63. The molecule has 0 unspecified atom stereocenters. The van der Waals surface area contributed by atoms with Gasteiger partial charge in [-0.3, -0.25) is 0 Å². The zero-order chi connectivity index (χ0) is 11.8. The van der Waals surface area contributed by atoms with Gasteiger partial charge in [0.1, 0.15) is 12.4 Å². The molecule has 1 heterocycles. The number of halogens is 3. The van der Waals surface area contributed by atoms with Crippen molar-refractivity contribution in [2.45, 2.75) is 24.6 Å². The van der Waals surface area contributed by atoms with Crippen molar-refractivity contribution < 1.29 is 13.2 Å². The third-order valence-corrected chi connectivity index (χ3v) is 2.52. The van der Waals surface area contributed by atoms with Crippen molar-refractivity contribution in [3.8, 4) is 0 Å². The molecular weight excluding hydrogens is 219 g/mol. The van der Waals surface area contributed by atoms with Crippen LogP contribution in [0.2, 0.25) is 0 Å². The summed E-state index contributed by atoms with van der Waals surface area (Å²) in [6.45, 7) is -1.08. The van der Waals surface area contributed by atoms with Crippen molar-refractivity contribution in [3.05, 3.63) is 23.9 Å². The van der Waals surface area contributed by atoms with Crippen LogP contribution < -0.4 is 11.1 Å². The molecule has 1 aliphatic carbocycles. The topological polar surface area (TPSA) is 50.9 Å². The van der Waals surface area contributed by atoms with Crippen LogP contribution in [-0.4, -0.2) is 17.7 Å². The average Bonchev–Trinajstić information content (AvgIpc) is 2.95. The summed E-state index contributed by atoms with van der Waals surface area (Å²) in [4.78, 5) is 4.07. The lowest BCUT2D eigenvalue weighted by atomic mass is 10.2. The summed E-state index contributed by atoms with van der Waals surface area (Å²) in [5.74, 6) is 0.214. The van der Waals surface area contributed by atoms with Gasteiger partial charge in [-0.15, -0.1) is 0 Å². The standard InChI is InChI=1S/C10H12F3N3/c11-10(12,13)6-15-8-3-1-2-7(16-8)9(14)4-5-9/h1-3H,4-6,14H2,(H,15,16). The molecule has 16 heavy (non-hydrogen) atoms. The Bertz CT molecular complexity index is 385. The van der Waals surface area contributed by atoms with E-state index in [4.69, 9.17) is 5.73 Å². The lowest BCUT2D eigenvalue weighted by Crippen LogP contribution is -2.24. The summed E-state index contributed by atoms with van der Waals surface area (Å²) in [5, 5.41) is 2.23. The van der Waals surface area contributed by atoms with E-state index in [1.54, 1.807) is 12.1 Å². The molecule has 1 saturated carbocycles. The molecule has 1 fully saturated rings. The number of nitrogens with zero attached hydrogens (tertiary/aromatic N) is 1. The van der Waals surface area contributed by atoms with Crippen molar-refractivity contribution in [2.75, 3.05) is 11.9 Å². The third-order valence-electron chi connectivity index (χ3n) is 2.52. The van der Waals surface area contributed by atoms with Crippen LogP contribution in [0.5, 0.6) is 0 Å². The first kappa shape index (κ1) is 11.2. The second-order valence-corrected chi connectivity index (χ2v) is 4.03. The van der Waals surface area contributed by atoms with Crippen LogP contribution in [0.3, 0.4) is 0 Å². The van der Waals surface area contributed by atoms with Gasteiger partial charge in [0.15, 0.2) is 0 Å². The summed E-state index contributed by atoms with van der Waals surface area (Å²) in [6.07, 6.45) is -2.57. The Hall–Kier alpha value is -1.30. The predicted octanol–water partition coefficient (Wildman–Crippen LogP) is 2.00. The maximum atomic E-state index is 12.0. The number of rotatable bonds is 3. The zero-order valence-electron chi connectivity index (χ0n) is 8.51. The maximum Gasteiger partial charge on any atom is 0.405 e. The zero-order valence-corrected chi connectivity index (χ0v) is 8.51. The van der Waals surface area contributed by atoms with Gasteiger partial charge in [-0.1, -0.05) is 6.07 Å². The molecule has 1 aromatic heterocycles. The largest absolute Gasteiger partial charge is 0.405 e. The van der Waals surface area contributed by atoms with E-state index in [-0.39, 0.29) is 5.82 Å². The molecule has 2 rings (SSSR count). The van der Waals surface area contributed by atoms with Gasteiger partial charge in [0.2, 0.25) is 0 Å². The molecule has 0 amide bonds. The minimum Gasteiger partial charge on any atom is -0.361 e. The average molecular weight is 231 g/mol. The Morgan fingerprint density at radius 1 is 1.38 bits per heavy atom. The SMILES string of the molecule is NC1(c2cccc(NCC(F)(F)F)n2)CC1. The monoisotopic (exact) mass is 231 g/mol. The summed E-state index contributed by atoms with van der Waals surface area (Å²) in [5.41, 5.74) is 6.14. The van der Waals surface area contributed by atoms with E-state index in [1.807, 2.05) is 0 Å². The first-order valence-corrected chi connectivity index (χ1v) is 4.96. The summed E-state index contributed by atoms with van der Waals surface area (Å²) in [7, 11) is 0. The molecule has 0 atom stereocenters.